The molecular formula is C11H14N4O3. The van der Waals surface area contributed by atoms with Gasteiger partial charge in [0.2, 0.25) is 0 Å². The molecule has 2 aromatic heterocycles. The molecule has 0 unspecified atom stereocenters. The lowest BCUT2D eigenvalue weighted by Gasteiger charge is -2.03. The molecule has 0 aliphatic rings. The lowest BCUT2D eigenvalue weighted by atomic mass is 10.3. The number of fused-ring (bicyclic) bond motifs is 1. The minimum atomic E-state index is -0.576. The Bertz CT molecular complexity index is 579. The number of carbonyl (C=O) groups is 1. The third kappa shape index (κ3) is 2.13. The zero-order chi connectivity index (χ0) is 13.1. The smallest absolute Gasteiger partial charge is 0.262 e. The van der Waals surface area contributed by atoms with Gasteiger partial charge in [0, 0.05) is 6.20 Å². The monoisotopic (exact) mass is 250 g/mol. The van der Waals surface area contributed by atoms with E-state index in [0.717, 1.165) is 5.56 Å². The van der Waals surface area contributed by atoms with Crippen molar-refractivity contribution in [1.82, 2.24) is 14.9 Å². The van der Waals surface area contributed by atoms with Gasteiger partial charge in [-0.1, -0.05) is 6.07 Å². The highest BCUT2D eigenvalue weighted by molar-refractivity contribution is 5.79. The second-order valence-corrected chi connectivity index (χ2v) is 3.84. The summed E-state index contributed by atoms with van der Waals surface area (Å²) in [5, 5.41) is 20.5. The van der Waals surface area contributed by atoms with Gasteiger partial charge in [0.25, 0.3) is 5.91 Å². The summed E-state index contributed by atoms with van der Waals surface area (Å²) in [7, 11) is 0. The standard InChI is InChI=1S/C11H14N4O3/c1-7-3-2-4-15-8(6-16)10(13-11(7)15)12-5-9(17)14-18/h2-4,12,16,18H,5-6H2,1H3,(H,14,17). The summed E-state index contributed by atoms with van der Waals surface area (Å²) in [6, 6.07) is 3.76. The van der Waals surface area contributed by atoms with E-state index in [1.54, 1.807) is 10.6 Å². The van der Waals surface area contributed by atoms with Crippen molar-refractivity contribution in [3.63, 3.8) is 0 Å². The normalized spacial score (nSPS) is 10.6. The summed E-state index contributed by atoms with van der Waals surface area (Å²) >= 11 is 0. The van der Waals surface area contributed by atoms with Gasteiger partial charge in [0.05, 0.1) is 18.8 Å². The maximum Gasteiger partial charge on any atom is 0.262 e. The van der Waals surface area contributed by atoms with Crippen LogP contribution in [0.2, 0.25) is 0 Å². The lowest BCUT2D eigenvalue weighted by Crippen LogP contribution is -2.27. The van der Waals surface area contributed by atoms with Crippen molar-refractivity contribution in [2.45, 2.75) is 13.5 Å². The second kappa shape index (κ2) is 5.03. The van der Waals surface area contributed by atoms with Crippen LogP contribution < -0.4 is 10.8 Å². The molecular weight excluding hydrogens is 236 g/mol. The largest absolute Gasteiger partial charge is 0.390 e. The van der Waals surface area contributed by atoms with Crippen LogP contribution in [0.1, 0.15) is 11.3 Å². The average Bonchev–Trinajstić information content (AvgIpc) is 2.75. The lowest BCUT2D eigenvalue weighted by molar-refractivity contribution is -0.127. The van der Waals surface area contributed by atoms with Gasteiger partial charge < -0.3 is 10.4 Å². The topological polar surface area (TPSA) is 98.9 Å². The quantitative estimate of drug-likeness (QED) is 0.454. The van der Waals surface area contributed by atoms with Crippen LogP contribution in [0.3, 0.4) is 0 Å². The summed E-state index contributed by atoms with van der Waals surface area (Å²) in [5.74, 6) is -0.150. The minimum absolute atomic E-state index is 0.119. The third-order valence-electron chi connectivity index (χ3n) is 2.63. The van der Waals surface area contributed by atoms with E-state index < -0.39 is 5.91 Å². The van der Waals surface area contributed by atoms with Crippen LogP contribution in [0.25, 0.3) is 5.65 Å². The summed E-state index contributed by atoms with van der Waals surface area (Å²) < 4.78 is 1.76. The van der Waals surface area contributed by atoms with Crippen LogP contribution in [0.4, 0.5) is 5.82 Å². The average molecular weight is 250 g/mol. The van der Waals surface area contributed by atoms with E-state index in [0.29, 0.717) is 17.2 Å². The highest BCUT2D eigenvalue weighted by Crippen LogP contribution is 2.19. The number of nitrogens with one attached hydrogen (secondary N) is 2. The molecule has 0 aliphatic carbocycles. The number of aromatic nitrogens is 2. The van der Waals surface area contributed by atoms with Crippen LogP contribution in [-0.2, 0) is 11.4 Å². The molecule has 1 amide bonds. The Labute approximate surface area is 103 Å². The minimum Gasteiger partial charge on any atom is -0.390 e. The third-order valence-corrected chi connectivity index (χ3v) is 2.63. The molecule has 96 valence electrons. The number of aliphatic hydroxyl groups is 1. The summed E-state index contributed by atoms with van der Waals surface area (Å²) in [6.07, 6.45) is 1.79. The molecule has 7 heteroatoms. The number of amides is 1. The van der Waals surface area contributed by atoms with Crippen molar-refractivity contribution in [3.05, 3.63) is 29.6 Å². The molecule has 2 aromatic rings. The number of aryl methyl sites for hydroxylation is 1. The molecule has 0 saturated heterocycles. The number of hydrogen-bond donors (Lipinski definition) is 4. The maximum atomic E-state index is 10.9. The Morgan fingerprint density at radius 2 is 2.33 bits per heavy atom. The van der Waals surface area contributed by atoms with Crippen LogP contribution in [0.15, 0.2) is 18.3 Å². The number of aliphatic hydroxyl groups excluding tert-OH is 1. The number of anilines is 1. The van der Waals surface area contributed by atoms with E-state index in [1.165, 1.54) is 5.48 Å². The molecule has 2 heterocycles. The number of hydrogen-bond acceptors (Lipinski definition) is 5. The zero-order valence-electron chi connectivity index (χ0n) is 9.84. The highest BCUT2D eigenvalue weighted by atomic mass is 16.5. The van der Waals surface area contributed by atoms with Crippen molar-refractivity contribution < 1.29 is 15.1 Å². The molecule has 7 nitrogen and oxygen atoms in total. The highest BCUT2D eigenvalue weighted by Gasteiger charge is 2.13. The van der Waals surface area contributed by atoms with Crippen molar-refractivity contribution in [2.24, 2.45) is 0 Å². The van der Waals surface area contributed by atoms with Crippen molar-refractivity contribution in [2.75, 3.05) is 11.9 Å². The predicted molar refractivity (Wildman–Crippen MR) is 64.3 cm³/mol. The molecule has 0 radical (unpaired) electrons. The van der Waals surface area contributed by atoms with Gasteiger partial charge in [-0.3, -0.25) is 14.4 Å². The first-order valence-electron chi connectivity index (χ1n) is 5.41. The first kappa shape index (κ1) is 12.3. The summed E-state index contributed by atoms with van der Waals surface area (Å²) in [4.78, 5) is 15.3. The van der Waals surface area contributed by atoms with Crippen molar-refractivity contribution >= 4 is 17.4 Å². The molecule has 4 N–H and O–H groups in total. The first-order valence-corrected chi connectivity index (χ1v) is 5.41. The molecule has 0 aliphatic heterocycles. The van der Waals surface area contributed by atoms with Crippen LogP contribution in [0, 0.1) is 6.92 Å². The van der Waals surface area contributed by atoms with Gasteiger partial charge in [0.15, 0.2) is 5.82 Å². The molecule has 18 heavy (non-hydrogen) atoms. The molecule has 0 atom stereocenters. The van der Waals surface area contributed by atoms with Crippen molar-refractivity contribution in [3.8, 4) is 0 Å². The Morgan fingerprint density at radius 1 is 1.56 bits per heavy atom. The number of nitrogens with zero attached hydrogens (tertiary/aromatic N) is 2. The number of pyridine rings is 1. The summed E-state index contributed by atoms with van der Waals surface area (Å²) in [5.41, 5.74) is 3.77. The Kier molecular flexibility index (Phi) is 3.45. The van der Waals surface area contributed by atoms with Gasteiger partial charge in [-0.05, 0) is 18.6 Å². The van der Waals surface area contributed by atoms with E-state index in [2.05, 4.69) is 10.3 Å². The van der Waals surface area contributed by atoms with Gasteiger partial charge in [-0.15, -0.1) is 0 Å². The molecule has 0 fully saturated rings. The fourth-order valence-electron chi connectivity index (χ4n) is 1.75. The fourth-order valence-corrected chi connectivity index (χ4v) is 1.75. The van der Waals surface area contributed by atoms with Crippen molar-refractivity contribution in [1.29, 1.82) is 0 Å². The number of imidazole rings is 1. The molecule has 2 rings (SSSR count). The van der Waals surface area contributed by atoms with Gasteiger partial charge in [-0.2, -0.15) is 0 Å². The van der Waals surface area contributed by atoms with Gasteiger partial charge in [-0.25, -0.2) is 10.5 Å². The van der Waals surface area contributed by atoms with E-state index in [-0.39, 0.29) is 13.2 Å². The number of carbonyl (C=O) groups excluding carboxylic acids is 1. The number of rotatable bonds is 4. The predicted octanol–water partition coefficient (Wildman–Crippen LogP) is 0.0523. The Balaban J connectivity index is 2.38. The van der Waals surface area contributed by atoms with Gasteiger partial charge >= 0.3 is 0 Å². The second-order valence-electron chi connectivity index (χ2n) is 3.84. The summed E-state index contributed by atoms with van der Waals surface area (Å²) in [6.45, 7) is 1.59. The Morgan fingerprint density at radius 3 is 3.00 bits per heavy atom. The van der Waals surface area contributed by atoms with E-state index >= 15 is 0 Å². The molecule has 0 spiro atoms. The van der Waals surface area contributed by atoms with E-state index in [9.17, 15) is 9.90 Å². The maximum absolute atomic E-state index is 10.9. The first-order chi connectivity index (χ1) is 8.67. The molecule has 0 saturated carbocycles. The molecule has 0 aromatic carbocycles. The fraction of sp³-hybridized carbons (Fsp3) is 0.273. The van der Waals surface area contributed by atoms with E-state index in [1.807, 2.05) is 19.1 Å². The number of hydroxylamine groups is 1. The van der Waals surface area contributed by atoms with Crippen LogP contribution >= 0.6 is 0 Å². The van der Waals surface area contributed by atoms with Crippen LogP contribution in [-0.4, -0.2) is 32.2 Å². The van der Waals surface area contributed by atoms with Crippen LogP contribution in [0.5, 0.6) is 0 Å². The van der Waals surface area contributed by atoms with E-state index in [4.69, 9.17) is 5.21 Å². The Hall–Kier alpha value is -2.12. The molecule has 0 bridgehead atoms. The SMILES string of the molecule is Cc1cccn2c(CO)c(NCC(=O)NO)nc12. The van der Waals surface area contributed by atoms with Gasteiger partial charge in [0.1, 0.15) is 5.65 Å². The zero-order valence-corrected chi connectivity index (χ0v) is 9.84.